The Hall–Kier alpha value is -2.06. The number of halogens is 1. The van der Waals surface area contributed by atoms with E-state index in [1.54, 1.807) is 6.92 Å². The van der Waals surface area contributed by atoms with Crippen LogP contribution in [0.2, 0.25) is 0 Å². The number of aliphatic hydroxyl groups excluding tert-OH is 2. The molecule has 3 N–H and O–H groups in total. The third kappa shape index (κ3) is 3.28. The van der Waals surface area contributed by atoms with Gasteiger partial charge in [0, 0.05) is 11.6 Å². The Morgan fingerprint density at radius 2 is 2.05 bits per heavy atom. The van der Waals surface area contributed by atoms with Crippen LogP contribution in [0.3, 0.4) is 0 Å². The van der Waals surface area contributed by atoms with Crippen LogP contribution in [0.1, 0.15) is 23.7 Å². The van der Waals surface area contributed by atoms with Gasteiger partial charge in [-0.1, -0.05) is 6.92 Å². The van der Waals surface area contributed by atoms with Gasteiger partial charge in [0.15, 0.2) is 0 Å². The smallest absolute Gasteiger partial charge is 0.305 e. The molecule has 0 heterocycles. The molecular formula is C12H15FN2O5. The minimum Gasteiger partial charge on any atom is -0.394 e. The van der Waals surface area contributed by atoms with Crippen molar-refractivity contribution in [2.75, 3.05) is 13.2 Å². The molecule has 0 fully saturated rings. The molecule has 20 heavy (non-hydrogen) atoms. The van der Waals surface area contributed by atoms with Gasteiger partial charge in [0.05, 0.1) is 23.7 Å². The number of rotatable bonds is 6. The molecule has 8 heteroatoms. The molecule has 0 aliphatic rings. The second-order valence-electron chi connectivity index (χ2n) is 4.33. The van der Waals surface area contributed by atoms with Crippen LogP contribution in [0.4, 0.5) is 10.1 Å². The fourth-order valence-electron chi connectivity index (χ4n) is 1.55. The first kappa shape index (κ1) is 16.0. The molecule has 1 rings (SSSR count). The lowest BCUT2D eigenvalue weighted by Crippen LogP contribution is -2.53. The van der Waals surface area contributed by atoms with Gasteiger partial charge in [-0.15, -0.1) is 0 Å². The molecule has 1 amide bonds. The Balaban J connectivity index is 3.04. The fraction of sp³-hybridized carbons (Fsp3) is 0.417. The summed E-state index contributed by atoms with van der Waals surface area (Å²) in [7, 11) is 0. The lowest BCUT2D eigenvalue weighted by Gasteiger charge is -2.29. The molecule has 0 atom stereocenters. The van der Waals surface area contributed by atoms with E-state index in [0.717, 1.165) is 18.2 Å². The second kappa shape index (κ2) is 6.40. The normalized spacial score (nSPS) is 11.2. The first-order chi connectivity index (χ1) is 9.39. The number of nitro groups is 1. The first-order valence-electron chi connectivity index (χ1n) is 5.87. The molecule has 0 bridgehead atoms. The van der Waals surface area contributed by atoms with E-state index in [-0.39, 0.29) is 12.0 Å². The van der Waals surface area contributed by atoms with Crippen LogP contribution in [0.5, 0.6) is 0 Å². The number of hydrogen-bond donors (Lipinski definition) is 3. The third-order valence-electron chi connectivity index (χ3n) is 3.07. The van der Waals surface area contributed by atoms with Crippen molar-refractivity contribution < 1.29 is 24.3 Å². The number of carbonyl (C=O) groups excluding carboxylic acids is 1. The number of nitrogens with zero attached hydrogens (tertiary/aromatic N) is 1. The van der Waals surface area contributed by atoms with Gasteiger partial charge in [-0.05, 0) is 18.6 Å². The van der Waals surface area contributed by atoms with Crippen molar-refractivity contribution in [3.8, 4) is 0 Å². The predicted molar refractivity (Wildman–Crippen MR) is 67.7 cm³/mol. The summed E-state index contributed by atoms with van der Waals surface area (Å²) in [5.74, 6) is -1.78. The summed E-state index contributed by atoms with van der Waals surface area (Å²) < 4.78 is 13.2. The summed E-state index contributed by atoms with van der Waals surface area (Å²) in [6.45, 7) is 0.671. The first-order valence-corrected chi connectivity index (χ1v) is 5.87. The average molecular weight is 286 g/mol. The van der Waals surface area contributed by atoms with E-state index in [4.69, 9.17) is 0 Å². The van der Waals surface area contributed by atoms with Crippen molar-refractivity contribution in [3.05, 3.63) is 39.7 Å². The molecule has 0 radical (unpaired) electrons. The summed E-state index contributed by atoms with van der Waals surface area (Å²) in [5.41, 5.74) is -2.16. The van der Waals surface area contributed by atoms with Crippen molar-refractivity contribution in [2.24, 2.45) is 0 Å². The summed E-state index contributed by atoms with van der Waals surface area (Å²) >= 11 is 0. The molecule has 0 unspecified atom stereocenters. The highest BCUT2D eigenvalue weighted by molar-refractivity contribution is 5.95. The maximum Gasteiger partial charge on any atom is 0.305 e. The van der Waals surface area contributed by atoms with Crippen molar-refractivity contribution >= 4 is 11.6 Å². The molecule has 0 aliphatic carbocycles. The van der Waals surface area contributed by atoms with E-state index in [2.05, 4.69) is 5.32 Å². The summed E-state index contributed by atoms with van der Waals surface area (Å²) in [4.78, 5) is 21.6. The van der Waals surface area contributed by atoms with Crippen molar-refractivity contribution in [1.29, 1.82) is 0 Å². The topological polar surface area (TPSA) is 113 Å². The lowest BCUT2D eigenvalue weighted by atomic mass is 9.97. The molecule has 0 spiro atoms. The number of nitrogens with one attached hydrogen (secondary N) is 1. The van der Waals surface area contributed by atoms with E-state index in [0.29, 0.717) is 0 Å². The molecule has 0 saturated heterocycles. The Morgan fingerprint density at radius 3 is 2.50 bits per heavy atom. The van der Waals surface area contributed by atoms with Crippen LogP contribution in [-0.2, 0) is 0 Å². The molecule has 0 aromatic heterocycles. The highest BCUT2D eigenvalue weighted by Crippen LogP contribution is 2.19. The van der Waals surface area contributed by atoms with Gasteiger partial charge >= 0.3 is 5.69 Å². The maximum atomic E-state index is 13.2. The molecule has 110 valence electrons. The Bertz CT molecular complexity index is 508. The van der Waals surface area contributed by atoms with Crippen LogP contribution >= 0.6 is 0 Å². The number of carbonyl (C=O) groups is 1. The second-order valence-corrected chi connectivity index (χ2v) is 4.33. The maximum absolute atomic E-state index is 13.2. The molecule has 0 saturated carbocycles. The molecule has 1 aromatic rings. The monoisotopic (exact) mass is 286 g/mol. The standard InChI is InChI=1S/C12H15FN2O5/c1-2-12(6-16,7-17)14-11(18)8-3-4-9(13)10(5-8)15(19)20/h3-5,16-17H,2,6-7H2,1H3,(H,14,18). The van der Waals surface area contributed by atoms with Gasteiger partial charge in [0.1, 0.15) is 0 Å². The zero-order valence-corrected chi connectivity index (χ0v) is 10.8. The molecular weight excluding hydrogens is 271 g/mol. The van der Waals surface area contributed by atoms with Gasteiger partial charge in [-0.25, -0.2) is 0 Å². The highest BCUT2D eigenvalue weighted by atomic mass is 19.1. The van der Waals surface area contributed by atoms with Gasteiger partial charge < -0.3 is 15.5 Å². The van der Waals surface area contributed by atoms with Gasteiger partial charge in [-0.3, -0.25) is 14.9 Å². The fourth-order valence-corrected chi connectivity index (χ4v) is 1.55. The van der Waals surface area contributed by atoms with Gasteiger partial charge in [0.2, 0.25) is 5.82 Å². The van der Waals surface area contributed by atoms with Gasteiger partial charge in [0.25, 0.3) is 5.91 Å². The minimum atomic E-state index is -1.22. The lowest BCUT2D eigenvalue weighted by molar-refractivity contribution is -0.387. The van der Waals surface area contributed by atoms with Crippen LogP contribution in [0.25, 0.3) is 0 Å². The van der Waals surface area contributed by atoms with Crippen LogP contribution in [0.15, 0.2) is 18.2 Å². The van der Waals surface area contributed by atoms with Crippen molar-refractivity contribution in [2.45, 2.75) is 18.9 Å². The number of benzene rings is 1. The number of amides is 1. The van der Waals surface area contributed by atoms with Crippen LogP contribution < -0.4 is 5.32 Å². The highest BCUT2D eigenvalue weighted by Gasteiger charge is 2.29. The average Bonchev–Trinajstić information content (AvgIpc) is 2.45. The van der Waals surface area contributed by atoms with E-state index in [1.165, 1.54) is 0 Å². The molecule has 7 nitrogen and oxygen atoms in total. The van der Waals surface area contributed by atoms with E-state index >= 15 is 0 Å². The van der Waals surface area contributed by atoms with E-state index in [1.807, 2.05) is 0 Å². The quantitative estimate of drug-likeness (QED) is 0.523. The molecule has 1 aromatic carbocycles. The summed E-state index contributed by atoms with van der Waals surface area (Å²) in [6, 6.07) is 2.71. The largest absolute Gasteiger partial charge is 0.394 e. The van der Waals surface area contributed by atoms with Crippen LogP contribution in [-0.4, -0.2) is 39.8 Å². The number of aliphatic hydroxyl groups is 2. The predicted octanol–water partition coefficient (Wildman–Crippen LogP) is 0.597. The van der Waals surface area contributed by atoms with Crippen LogP contribution in [0, 0.1) is 15.9 Å². The Kier molecular flexibility index (Phi) is 5.12. The number of hydrogen-bond acceptors (Lipinski definition) is 5. The Morgan fingerprint density at radius 1 is 1.45 bits per heavy atom. The zero-order chi connectivity index (χ0) is 15.3. The van der Waals surface area contributed by atoms with E-state index in [9.17, 15) is 29.5 Å². The van der Waals surface area contributed by atoms with Crippen molar-refractivity contribution in [1.82, 2.24) is 5.32 Å². The summed E-state index contributed by atoms with van der Waals surface area (Å²) in [5, 5.41) is 31.4. The SMILES string of the molecule is CCC(CO)(CO)NC(=O)c1ccc(F)c([N+](=O)[O-])c1. The Labute approximate surface area is 114 Å². The third-order valence-corrected chi connectivity index (χ3v) is 3.07. The zero-order valence-electron chi connectivity index (χ0n) is 10.8. The van der Waals surface area contributed by atoms with E-state index < -0.39 is 41.1 Å². The minimum absolute atomic E-state index is 0.127. The summed E-state index contributed by atoms with van der Waals surface area (Å²) in [6.07, 6.45) is 0.259. The molecule has 0 aliphatic heterocycles. The number of nitro benzene ring substituents is 1. The van der Waals surface area contributed by atoms with Gasteiger partial charge in [-0.2, -0.15) is 4.39 Å². The van der Waals surface area contributed by atoms with Crippen molar-refractivity contribution in [3.63, 3.8) is 0 Å².